The Morgan fingerprint density at radius 1 is 1.12 bits per heavy atom. The van der Waals surface area contributed by atoms with Gasteiger partial charge in [0.2, 0.25) is 10.0 Å². The van der Waals surface area contributed by atoms with Gasteiger partial charge in [-0.25, -0.2) is 18.6 Å². The van der Waals surface area contributed by atoms with Gasteiger partial charge in [-0.1, -0.05) is 42.5 Å². The summed E-state index contributed by atoms with van der Waals surface area (Å²) >= 11 is 0. The summed E-state index contributed by atoms with van der Waals surface area (Å²) in [4.78, 5) is 11.0. The zero-order chi connectivity index (χ0) is 18.3. The van der Waals surface area contributed by atoms with E-state index in [4.69, 9.17) is 5.21 Å². The molecule has 0 saturated heterocycles. The standard InChI is InChI=1S/C17H18N2O5S/c20-16(14-6-2-1-3-7-14)12-18-25(23,24)15-8-4-5-13(11-15)9-10-17(21)19-22/h1-11,16,18,20,22H,12H2,(H,19,21). The Hall–Kier alpha value is -2.52. The predicted octanol–water partition coefficient (Wildman–Crippen LogP) is 1.22. The molecule has 0 heterocycles. The molecule has 0 spiro atoms. The van der Waals surface area contributed by atoms with Crippen LogP contribution in [0.25, 0.3) is 6.08 Å². The van der Waals surface area contributed by atoms with E-state index >= 15 is 0 Å². The maximum absolute atomic E-state index is 12.3. The summed E-state index contributed by atoms with van der Waals surface area (Å²) in [7, 11) is -3.82. The number of hydrogen-bond acceptors (Lipinski definition) is 5. The molecule has 1 atom stereocenters. The normalized spacial score (nSPS) is 12.9. The monoisotopic (exact) mass is 362 g/mol. The molecule has 0 saturated carbocycles. The minimum atomic E-state index is -3.82. The molecular formula is C17H18N2O5S. The number of aliphatic hydroxyl groups is 1. The lowest BCUT2D eigenvalue weighted by atomic mass is 10.1. The van der Waals surface area contributed by atoms with Gasteiger partial charge >= 0.3 is 0 Å². The minimum Gasteiger partial charge on any atom is -0.387 e. The highest BCUT2D eigenvalue weighted by Crippen LogP contribution is 2.15. The van der Waals surface area contributed by atoms with Crippen LogP contribution in [0.5, 0.6) is 0 Å². The molecule has 0 radical (unpaired) electrons. The highest BCUT2D eigenvalue weighted by molar-refractivity contribution is 7.89. The van der Waals surface area contributed by atoms with E-state index in [0.29, 0.717) is 11.1 Å². The first-order valence-corrected chi connectivity index (χ1v) is 8.85. The first-order valence-electron chi connectivity index (χ1n) is 7.37. The van der Waals surface area contributed by atoms with E-state index in [1.54, 1.807) is 36.4 Å². The third-order valence-corrected chi connectivity index (χ3v) is 4.78. The van der Waals surface area contributed by atoms with Crippen LogP contribution in [0.3, 0.4) is 0 Å². The zero-order valence-electron chi connectivity index (χ0n) is 13.2. The molecule has 4 N–H and O–H groups in total. The molecule has 25 heavy (non-hydrogen) atoms. The van der Waals surface area contributed by atoms with Crippen molar-refractivity contribution in [3.8, 4) is 0 Å². The lowest BCUT2D eigenvalue weighted by Gasteiger charge is -2.13. The van der Waals surface area contributed by atoms with Gasteiger partial charge in [0.1, 0.15) is 0 Å². The molecule has 2 aromatic rings. The number of rotatable bonds is 7. The van der Waals surface area contributed by atoms with Crippen molar-refractivity contribution in [1.29, 1.82) is 0 Å². The number of benzene rings is 2. The summed E-state index contributed by atoms with van der Waals surface area (Å²) in [6.45, 7) is -0.167. The van der Waals surface area contributed by atoms with Gasteiger partial charge in [0, 0.05) is 12.6 Å². The van der Waals surface area contributed by atoms with Crippen molar-refractivity contribution in [3.63, 3.8) is 0 Å². The second kappa shape index (κ2) is 8.54. The smallest absolute Gasteiger partial charge is 0.267 e. The summed E-state index contributed by atoms with van der Waals surface area (Å²) in [5, 5.41) is 18.5. The van der Waals surface area contributed by atoms with Gasteiger partial charge in [0.15, 0.2) is 0 Å². The predicted molar refractivity (Wildman–Crippen MR) is 92.0 cm³/mol. The van der Waals surface area contributed by atoms with Crippen molar-refractivity contribution in [2.45, 2.75) is 11.0 Å². The lowest BCUT2D eigenvalue weighted by Crippen LogP contribution is -2.28. The SMILES string of the molecule is O=C(C=Cc1cccc(S(=O)(=O)NCC(O)c2ccccc2)c1)NO. The van der Waals surface area contributed by atoms with Crippen LogP contribution in [-0.4, -0.2) is 31.2 Å². The van der Waals surface area contributed by atoms with Crippen molar-refractivity contribution >= 4 is 22.0 Å². The Balaban J connectivity index is 2.09. The topological polar surface area (TPSA) is 116 Å². The van der Waals surface area contributed by atoms with E-state index < -0.39 is 22.0 Å². The number of hydroxylamine groups is 1. The number of carbonyl (C=O) groups is 1. The van der Waals surface area contributed by atoms with Crippen LogP contribution in [0.15, 0.2) is 65.6 Å². The maximum atomic E-state index is 12.3. The van der Waals surface area contributed by atoms with Crippen LogP contribution in [0.4, 0.5) is 0 Å². The molecule has 2 rings (SSSR count). The molecule has 0 aliphatic carbocycles. The molecular weight excluding hydrogens is 344 g/mol. The summed E-state index contributed by atoms with van der Waals surface area (Å²) < 4.78 is 27.1. The lowest BCUT2D eigenvalue weighted by molar-refractivity contribution is -0.124. The number of amides is 1. The largest absolute Gasteiger partial charge is 0.387 e. The number of aliphatic hydroxyl groups excluding tert-OH is 1. The van der Waals surface area contributed by atoms with Crippen LogP contribution < -0.4 is 10.2 Å². The van der Waals surface area contributed by atoms with Crippen molar-refractivity contribution in [3.05, 3.63) is 71.8 Å². The van der Waals surface area contributed by atoms with E-state index in [1.807, 2.05) is 0 Å². The molecule has 132 valence electrons. The van der Waals surface area contributed by atoms with Crippen LogP contribution >= 0.6 is 0 Å². The first-order chi connectivity index (χ1) is 11.9. The average Bonchev–Trinajstić information content (AvgIpc) is 2.65. The van der Waals surface area contributed by atoms with E-state index in [0.717, 1.165) is 6.08 Å². The second-order valence-corrected chi connectivity index (χ2v) is 6.93. The Labute approximate surface area is 145 Å². The van der Waals surface area contributed by atoms with E-state index in [-0.39, 0.29) is 11.4 Å². The average molecular weight is 362 g/mol. The van der Waals surface area contributed by atoms with Gasteiger partial charge in [-0.05, 0) is 29.3 Å². The van der Waals surface area contributed by atoms with Crippen molar-refractivity contribution < 1.29 is 23.5 Å². The molecule has 2 aromatic carbocycles. The number of sulfonamides is 1. The molecule has 0 aromatic heterocycles. The summed E-state index contributed by atoms with van der Waals surface area (Å²) in [5.74, 6) is -0.725. The van der Waals surface area contributed by atoms with Crippen LogP contribution in [0.1, 0.15) is 17.2 Å². The van der Waals surface area contributed by atoms with Crippen molar-refractivity contribution in [2.75, 3.05) is 6.54 Å². The zero-order valence-corrected chi connectivity index (χ0v) is 14.0. The number of carbonyl (C=O) groups excluding carboxylic acids is 1. The minimum absolute atomic E-state index is 0.000631. The molecule has 0 fully saturated rings. The fourth-order valence-corrected chi connectivity index (χ4v) is 3.15. The van der Waals surface area contributed by atoms with E-state index in [9.17, 15) is 18.3 Å². The maximum Gasteiger partial charge on any atom is 0.267 e. The first kappa shape index (κ1) is 18.8. The van der Waals surface area contributed by atoms with Gasteiger partial charge in [0.25, 0.3) is 5.91 Å². The summed E-state index contributed by atoms with van der Waals surface area (Å²) in [6.07, 6.45) is 1.47. The number of nitrogens with one attached hydrogen (secondary N) is 2. The van der Waals surface area contributed by atoms with Gasteiger partial charge in [0.05, 0.1) is 11.0 Å². The fraction of sp³-hybridized carbons (Fsp3) is 0.118. The number of hydrogen-bond donors (Lipinski definition) is 4. The molecule has 0 bridgehead atoms. The molecule has 1 amide bonds. The Bertz CT molecular complexity index is 850. The van der Waals surface area contributed by atoms with Gasteiger partial charge in [-0.3, -0.25) is 10.0 Å². The quantitative estimate of drug-likeness (QED) is 0.336. The van der Waals surface area contributed by atoms with E-state index in [1.165, 1.54) is 29.8 Å². The third-order valence-electron chi connectivity index (χ3n) is 3.36. The highest BCUT2D eigenvalue weighted by atomic mass is 32.2. The molecule has 0 aliphatic rings. The van der Waals surface area contributed by atoms with Crippen LogP contribution in [-0.2, 0) is 14.8 Å². The summed E-state index contributed by atoms with van der Waals surface area (Å²) in [6, 6.07) is 14.6. The second-order valence-electron chi connectivity index (χ2n) is 5.16. The molecule has 0 aliphatic heterocycles. The van der Waals surface area contributed by atoms with Gasteiger partial charge in [-0.15, -0.1) is 0 Å². The summed E-state index contributed by atoms with van der Waals surface area (Å²) in [5.41, 5.74) is 2.52. The van der Waals surface area contributed by atoms with Gasteiger partial charge in [-0.2, -0.15) is 0 Å². The Morgan fingerprint density at radius 3 is 2.52 bits per heavy atom. The third kappa shape index (κ3) is 5.50. The van der Waals surface area contributed by atoms with Crippen LogP contribution in [0.2, 0.25) is 0 Å². The van der Waals surface area contributed by atoms with Crippen LogP contribution in [0, 0.1) is 0 Å². The molecule has 1 unspecified atom stereocenters. The van der Waals surface area contributed by atoms with Crippen molar-refractivity contribution in [1.82, 2.24) is 10.2 Å². The fourth-order valence-electron chi connectivity index (χ4n) is 2.06. The van der Waals surface area contributed by atoms with Crippen molar-refractivity contribution in [2.24, 2.45) is 0 Å². The molecule has 8 heteroatoms. The van der Waals surface area contributed by atoms with Gasteiger partial charge < -0.3 is 5.11 Å². The Kier molecular flexibility index (Phi) is 6.43. The molecule has 7 nitrogen and oxygen atoms in total. The highest BCUT2D eigenvalue weighted by Gasteiger charge is 2.16. The Morgan fingerprint density at radius 2 is 1.84 bits per heavy atom. The van der Waals surface area contributed by atoms with E-state index in [2.05, 4.69) is 4.72 Å².